The molecule has 9 aromatic carbocycles. The smallest absolute Gasteiger partial charge is 0.164 e. The Morgan fingerprint density at radius 2 is 0.794 bits per heavy atom. The second-order valence-electron chi connectivity index (χ2n) is 16.0. The zero-order valence-corrected chi connectivity index (χ0v) is 33.9. The molecular formula is C57H35N5O. The maximum Gasteiger partial charge on any atom is 0.164 e. The maximum absolute atomic E-state index is 6.55. The SMILES string of the molecule is c1ccc(-c2nc(-c3ccccc3)nc(-c3ccc(-n4c5ccccc5c5ccc(-c6ccc7c(c6)c6ccccc6n7-c6cccc7c6oc6ccccc67)cc54)cc3)n2)cc1. The summed E-state index contributed by atoms with van der Waals surface area (Å²) in [5, 5.41) is 7.04. The van der Waals surface area contributed by atoms with Gasteiger partial charge in [-0.25, -0.2) is 15.0 Å². The molecule has 13 aromatic rings. The van der Waals surface area contributed by atoms with E-state index in [1.54, 1.807) is 0 Å². The number of fused-ring (bicyclic) bond motifs is 9. The van der Waals surface area contributed by atoms with E-state index in [9.17, 15) is 0 Å². The van der Waals surface area contributed by atoms with Crippen molar-refractivity contribution in [2.45, 2.75) is 0 Å². The van der Waals surface area contributed by atoms with E-state index in [1.807, 2.05) is 72.8 Å². The van der Waals surface area contributed by atoms with Gasteiger partial charge in [-0.3, -0.25) is 0 Å². The molecule has 0 aliphatic rings. The zero-order valence-electron chi connectivity index (χ0n) is 33.9. The van der Waals surface area contributed by atoms with Crippen molar-refractivity contribution in [2.75, 3.05) is 0 Å². The monoisotopic (exact) mass is 805 g/mol. The molecule has 294 valence electrons. The molecule has 13 rings (SSSR count). The first kappa shape index (κ1) is 35.2. The summed E-state index contributed by atoms with van der Waals surface area (Å²) in [5.74, 6) is 1.92. The lowest BCUT2D eigenvalue weighted by Crippen LogP contribution is -2.00. The van der Waals surface area contributed by atoms with Gasteiger partial charge < -0.3 is 13.6 Å². The highest BCUT2D eigenvalue weighted by Crippen LogP contribution is 2.41. The first-order valence-corrected chi connectivity index (χ1v) is 21.2. The van der Waals surface area contributed by atoms with E-state index in [4.69, 9.17) is 19.4 Å². The quantitative estimate of drug-likeness (QED) is 0.168. The fourth-order valence-electron chi connectivity index (χ4n) is 9.45. The minimum absolute atomic E-state index is 0.629. The molecule has 0 fully saturated rings. The number of para-hydroxylation sites is 4. The molecule has 0 bridgehead atoms. The normalized spacial score (nSPS) is 11.8. The Labute approximate surface area is 361 Å². The van der Waals surface area contributed by atoms with Gasteiger partial charge in [0.1, 0.15) is 5.58 Å². The van der Waals surface area contributed by atoms with E-state index in [1.165, 1.54) is 21.5 Å². The summed E-state index contributed by atoms with van der Waals surface area (Å²) >= 11 is 0. The van der Waals surface area contributed by atoms with Crippen molar-refractivity contribution in [1.29, 1.82) is 0 Å². The number of furan rings is 1. The van der Waals surface area contributed by atoms with Crippen molar-refractivity contribution in [2.24, 2.45) is 0 Å². The second-order valence-corrected chi connectivity index (χ2v) is 16.0. The third-order valence-electron chi connectivity index (χ3n) is 12.4. The third kappa shape index (κ3) is 5.62. The molecule has 0 saturated carbocycles. The maximum atomic E-state index is 6.55. The van der Waals surface area contributed by atoms with Crippen LogP contribution in [0.1, 0.15) is 0 Å². The van der Waals surface area contributed by atoms with E-state index in [0.29, 0.717) is 17.5 Å². The Morgan fingerprint density at radius 3 is 1.49 bits per heavy atom. The predicted molar refractivity (Wildman–Crippen MR) is 258 cm³/mol. The summed E-state index contributed by atoms with van der Waals surface area (Å²) < 4.78 is 11.3. The van der Waals surface area contributed by atoms with Gasteiger partial charge in [0.05, 0.1) is 27.8 Å². The van der Waals surface area contributed by atoms with E-state index in [-0.39, 0.29) is 0 Å². The minimum Gasteiger partial charge on any atom is -0.454 e. The molecule has 0 radical (unpaired) electrons. The van der Waals surface area contributed by atoms with Crippen LogP contribution in [0, 0.1) is 0 Å². The average Bonchev–Trinajstić information content (AvgIpc) is 4.02. The van der Waals surface area contributed by atoms with Crippen LogP contribution in [0.25, 0.3) is 122 Å². The summed E-state index contributed by atoms with van der Waals surface area (Å²) in [6.07, 6.45) is 0. The molecule has 0 amide bonds. The van der Waals surface area contributed by atoms with E-state index in [2.05, 4.69) is 149 Å². The largest absolute Gasteiger partial charge is 0.454 e. The molecule has 63 heavy (non-hydrogen) atoms. The number of aromatic nitrogens is 5. The summed E-state index contributed by atoms with van der Waals surface area (Å²) in [4.78, 5) is 14.9. The van der Waals surface area contributed by atoms with Crippen molar-refractivity contribution in [3.8, 4) is 56.7 Å². The summed E-state index contributed by atoms with van der Waals surface area (Å²) in [5.41, 5.74) is 13.5. The highest BCUT2D eigenvalue weighted by molar-refractivity contribution is 6.14. The lowest BCUT2D eigenvalue weighted by molar-refractivity contribution is 0.666. The van der Waals surface area contributed by atoms with Gasteiger partial charge in [-0.1, -0.05) is 146 Å². The van der Waals surface area contributed by atoms with Crippen molar-refractivity contribution >= 4 is 65.6 Å². The third-order valence-corrected chi connectivity index (χ3v) is 12.4. The summed E-state index contributed by atoms with van der Waals surface area (Å²) in [6, 6.07) is 74.5. The van der Waals surface area contributed by atoms with Gasteiger partial charge >= 0.3 is 0 Å². The van der Waals surface area contributed by atoms with Gasteiger partial charge in [-0.15, -0.1) is 0 Å². The Morgan fingerprint density at radius 1 is 0.302 bits per heavy atom. The Bertz CT molecular complexity index is 3840. The van der Waals surface area contributed by atoms with Crippen molar-refractivity contribution in [1.82, 2.24) is 24.1 Å². The number of benzene rings is 9. The van der Waals surface area contributed by atoms with Crippen LogP contribution in [0.3, 0.4) is 0 Å². The first-order valence-electron chi connectivity index (χ1n) is 21.2. The molecule has 0 saturated heterocycles. The lowest BCUT2D eigenvalue weighted by atomic mass is 10.0. The van der Waals surface area contributed by atoms with Crippen LogP contribution < -0.4 is 0 Å². The van der Waals surface area contributed by atoms with Gasteiger partial charge in [-0.05, 0) is 77.9 Å². The van der Waals surface area contributed by atoms with Crippen LogP contribution in [0.2, 0.25) is 0 Å². The fourth-order valence-corrected chi connectivity index (χ4v) is 9.45. The van der Waals surface area contributed by atoms with Crippen LogP contribution in [0.4, 0.5) is 0 Å². The molecule has 4 heterocycles. The minimum atomic E-state index is 0.629. The van der Waals surface area contributed by atoms with Gasteiger partial charge in [0.2, 0.25) is 0 Å². The van der Waals surface area contributed by atoms with Crippen molar-refractivity contribution in [3.63, 3.8) is 0 Å². The van der Waals surface area contributed by atoms with Crippen molar-refractivity contribution in [3.05, 3.63) is 212 Å². The van der Waals surface area contributed by atoms with Crippen LogP contribution in [0.15, 0.2) is 217 Å². The molecule has 6 heteroatoms. The standard InChI is InChI=1S/C57H35N5O/c1-3-14-36(15-4-1)55-58-56(37-16-5-2-6-17-37)60-57(59-55)38-26-30-41(31-27-38)61-48-22-10-7-18-42(48)44-32-28-40(35-52(44)61)39-29-33-50-47(34-39)43-19-8-11-23-49(43)62(50)51-24-13-21-46-45-20-9-12-25-53(45)63-54(46)51/h1-35H. The summed E-state index contributed by atoms with van der Waals surface area (Å²) in [6.45, 7) is 0. The molecule has 0 N–H and O–H groups in total. The molecule has 0 unspecified atom stereocenters. The molecule has 0 aliphatic heterocycles. The molecule has 0 atom stereocenters. The van der Waals surface area contributed by atoms with Gasteiger partial charge in [-0.2, -0.15) is 0 Å². The van der Waals surface area contributed by atoms with Gasteiger partial charge in [0.25, 0.3) is 0 Å². The first-order chi connectivity index (χ1) is 31.2. The lowest BCUT2D eigenvalue weighted by Gasteiger charge is -2.11. The molecule has 0 spiro atoms. The van der Waals surface area contributed by atoms with Crippen LogP contribution in [-0.4, -0.2) is 24.1 Å². The molecular weight excluding hydrogens is 771 g/mol. The average molecular weight is 806 g/mol. The topological polar surface area (TPSA) is 61.7 Å². The number of hydrogen-bond donors (Lipinski definition) is 0. The van der Waals surface area contributed by atoms with E-state index >= 15 is 0 Å². The van der Waals surface area contributed by atoms with Crippen LogP contribution >= 0.6 is 0 Å². The number of hydrogen-bond acceptors (Lipinski definition) is 4. The second kappa shape index (κ2) is 14.0. The summed E-state index contributed by atoms with van der Waals surface area (Å²) in [7, 11) is 0. The van der Waals surface area contributed by atoms with E-state index < -0.39 is 0 Å². The number of nitrogens with zero attached hydrogens (tertiary/aromatic N) is 5. The van der Waals surface area contributed by atoms with Gasteiger partial charge in [0.15, 0.2) is 23.1 Å². The zero-order chi connectivity index (χ0) is 41.4. The fraction of sp³-hybridized carbons (Fsp3) is 0. The highest BCUT2D eigenvalue weighted by atomic mass is 16.3. The number of rotatable bonds is 6. The Kier molecular flexibility index (Phi) is 7.80. The Hall–Kier alpha value is -8.61. The molecule has 4 aromatic heterocycles. The van der Waals surface area contributed by atoms with E-state index in [0.717, 1.165) is 83.2 Å². The van der Waals surface area contributed by atoms with Crippen molar-refractivity contribution < 1.29 is 4.42 Å². The molecule has 0 aliphatic carbocycles. The molecule has 6 nitrogen and oxygen atoms in total. The highest BCUT2D eigenvalue weighted by Gasteiger charge is 2.20. The Balaban J connectivity index is 0.936. The van der Waals surface area contributed by atoms with Crippen LogP contribution in [-0.2, 0) is 0 Å². The van der Waals surface area contributed by atoms with Crippen LogP contribution in [0.5, 0.6) is 0 Å². The van der Waals surface area contributed by atoms with Gasteiger partial charge in [0, 0.05) is 54.7 Å². The predicted octanol–water partition coefficient (Wildman–Crippen LogP) is 14.6.